The highest BCUT2D eigenvalue weighted by Crippen LogP contribution is 2.09. The molecule has 0 amide bonds. The monoisotopic (exact) mass is 192 g/mol. The normalized spacial score (nSPS) is 10.3. The Balaban J connectivity index is 2.93. The highest BCUT2D eigenvalue weighted by molar-refractivity contribution is 7.71. The van der Waals surface area contributed by atoms with Crippen molar-refractivity contribution in [2.45, 2.75) is 13.5 Å². The quantitative estimate of drug-likeness (QED) is 0.729. The summed E-state index contributed by atoms with van der Waals surface area (Å²) < 4.78 is 27.5. The van der Waals surface area contributed by atoms with Crippen molar-refractivity contribution in [3.8, 4) is 5.88 Å². The molecule has 0 radical (unpaired) electrons. The third-order valence-corrected chi connectivity index (χ3v) is 1.26. The largest absolute Gasteiger partial charge is 0.417 e. The Morgan fingerprint density at radius 2 is 2.33 bits per heavy atom. The second kappa shape index (κ2) is 3.57. The van der Waals surface area contributed by atoms with Gasteiger partial charge in [0, 0.05) is 11.8 Å². The van der Waals surface area contributed by atoms with E-state index >= 15 is 0 Å². The van der Waals surface area contributed by atoms with Crippen molar-refractivity contribution < 1.29 is 13.5 Å². The molecule has 0 atom stereocenters. The van der Waals surface area contributed by atoms with Crippen molar-refractivity contribution in [3.63, 3.8) is 0 Å². The van der Waals surface area contributed by atoms with Crippen LogP contribution in [0, 0.1) is 11.7 Å². The van der Waals surface area contributed by atoms with Gasteiger partial charge in [0.2, 0.25) is 5.88 Å². The van der Waals surface area contributed by atoms with Gasteiger partial charge in [-0.2, -0.15) is 13.8 Å². The molecule has 1 aromatic heterocycles. The van der Waals surface area contributed by atoms with E-state index in [9.17, 15) is 8.78 Å². The summed E-state index contributed by atoms with van der Waals surface area (Å²) in [5.74, 6) is -0.161. The third-order valence-electron chi connectivity index (χ3n) is 1.07. The van der Waals surface area contributed by atoms with E-state index < -0.39 is 6.61 Å². The smallest absolute Gasteiger partial charge is 0.388 e. The van der Waals surface area contributed by atoms with Gasteiger partial charge >= 0.3 is 6.61 Å². The Labute approximate surface area is 72.4 Å². The maximum Gasteiger partial charge on any atom is 0.388 e. The summed E-state index contributed by atoms with van der Waals surface area (Å²) in [4.78, 5) is 6.19. The van der Waals surface area contributed by atoms with Crippen molar-refractivity contribution in [1.82, 2.24) is 9.97 Å². The first-order valence-corrected chi connectivity index (χ1v) is 3.51. The number of hydrogen-bond acceptors (Lipinski definition) is 3. The van der Waals surface area contributed by atoms with Gasteiger partial charge in [-0.15, -0.1) is 0 Å². The molecule has 1 aromatic rings. The summed E-state index contributed by atoms with van der Waals surface area (Å²) >= 11 is 4.65. The van der Waals surface area contributed by atoms with Crippen LogP contribution in [0.5, 0.6) is 5.88 Å². The van der Waals surface area contributed by atoms with Crippen molar-refractivity contribution in [2.24, 2.45) is 0 Å². The first-order chi connectivity index (χ1) is 5.58. The minimum absolute atomic E-state index is 0.130. The number of nitrogens with one attached hydrogen (secondary N) is 1. The molecule has 1 rings (SSSR count). The Kier molecular flexibility index (Phi) is 2.69. The Hall–Kier alpha value is -1.04. The average molecular weight is 192 g/mol. The molecule has 0 saturated carbocycles. The zero-order valence-electron chi connectivity index (χ0n) is 6.17. The van der Waals surface area contributed by atoms with Crippen LogP contribution in [0.4, 0.5) is 8.78 Å². The fourth-order valence-electron chi connectivity index (χ4n) is 0.702. The second-order valence-electron chi connectivity index (χ2n) is 2.09. The minimum atomic E-state index is -2.87. The van der Waals surface area contributed by atoms with Crippen LogP contribution in [0.15, 0.2) is 6.07 Å². The molecule has 6 heteroatoms. The Morgan fingerprint density at radius 1 is 1.67 bits per heavy atom. The molecule has 1 heterocycles. The van der Waals surface area contributed by atoms with E-state index in [0.29, 0.717) is 5.69 Å². The summed E-state index contributed by atoms with van der Waals surface area (Å²) in [7, 11) is 0. The first kappa shape index (κ1) is 9.05. The number of aromatic nitrogens is 2. The van der Waals surface area contributed by atoms with Gasteiger partial charge in [-0.3, -0.25) is 0 Å². The van der Waals surface area contributed by atoms with Crippen LogP contribution >= 0.6 is 12.2 Å². The molecule has 0 saturated heterocycles. The number of aromatic amines is 1. The molecule has 0 aliphatic carbocycles. The number of nitrogens with zero attached hydrogens (tertiary/aromatic N) is 1. The van der Waals surface area contributed by atoms with Crippen molar-refractivity contribution in [3.05, 3.63) is 16.5 Å². The van der Waals surface area contributed by atoms with E-state index in [1.807, 2.05) is 0 Å². The number of hydrogen-bond donors (Lipinski definition) is 1. The highest BCUT2D eigenvalue weighted by atomic mass is 32.1. The van der Waals surface area contributed by atoms with E-state index in [2.05, 4.69) is 26.9 Å². The van der Waals surface area contributed by atoms with E-state index in [0.717, 1.165) is 0 Å². The predicted octanol–water partition coefficient (Wildman–Crippen LogP) is 2.05. The highest BCUT2D eigenvalue weighted by Gasteiger charge is 2.05. The van der Waals surface area contributed by atoms with Crippen LogP contribution in [0.2, 0.25) is 0 Å². The number of alkyl halides is 2. The second-order valence-corrected chi connectivity index (χ2v) is 2.47. The summed E-state index contributed by atoms with van der Waals surface area (Å²) in [5, 5.41) is 0. The molecule has 0 spiro atoms. The molecule has 0 aliphatic rings. The van der Waals surface area contributed by atoms with Gasteiger partial charge in [0.25, 0.3) is 0 Å². The number of H-pyrrole nitrogens is 1. The molecule has 0 unspecified atom stereocenters. The Bertz CT molecular complexity index is 326. The standard InChI is InChI=1S/C6H6F2N2OS/c1-3-2-4(11-5(7)8)10-6(12)9-3/h2,5H,1H3,(H,9,10,12). The fraction of sp³-hybridized carbons (Fsp3) is 0.333. The number of aryl methyl sites for hydroxylation is 1. The lowest BCUT2D eigenvalue weighted by molar-refractivity contribution is -0.0530. The SMILES string of the molecule is Cc1cc(OC(F)F)nc(=S)[nH]1. The fourth-order valence-corrected chi connectivity index (χ4v) is 0.953. The molecular weight excluding hydrogens is 186 g/mol. The van der Waals surface area contributed by atoms with Crippen LogP contribution in [0.25, 0.3) is 0 Å². The van der Waals surface area contributed by atoms with Gasteiger partial charge in [0.1, 0.15) is 0 Å². The van der Waals surface area contributed by atoms with Crippen molar-refractivity contribution in [1.29, 1.82) is 0 Å². The molecule has 0 aromatic carbocycles. The molecule has 12 heavy (non-hydrogen) atoms. The zero-order chi connectivity index (χ0) is 9.14. The lowest BCUT2D eigenvalue weighted by Gasteiger charge is -2.02. The number of halogens is 2. The van der Waals surface area contributed by atoms with Gasteiger partial charge < -0.3 is 9.72 Å². The molecular formula is C6H6F2N2OS. The summed E-state index contributed by atoms with van der Waals surface area (Å²) in [5.41, 5.74) is 0.630. The van der Waals surface area contributed by atoms with Gasteiger partial charge in [0.15, 0.2) is 4.77 Å². The molecule has 1 N–H and O–H groups in total. The van der Waals surface area contributed by atoms with Crippen LogP contribution in [-0.2, 0) is 0 Å². The van der Waals surface area contributed by atoms with Crippen molar-refractivity contribution >= 4 is 12.2 Å². The molecule has 0 aliphatic heterocycles. The van der Waals surface area contributed by atoms with Crippen molar-refractivity contribution in [2.75, 3.05) is 0 Å². The Morgan fingerprint density at radius 3 is 2.83 bits per heavy atom. The van der Waals surface area contributed by atoms with Gasteiger partial charge in [-0.05, 0) is 19.1 Å². The van der Waals surface area contributed by atoms with Gasteiger partial charge in [-0.1, -0.05) is 0 Å². The lowest BCUT2D eigenvalue weighted by atomic mass is 10.4. The number of ether oxygens (including phenoxy) is 1. The molecule has 0 fully saturated rings. The maximum atomic E-state index is 11.7. The summed E-state index contributed by atoms with van der Waals surface area (Å²) in [6.45, 7) is -1.19. The van der Waals surface area contributed by atoms with Gasteiger partial charge in [-0.25, -0.2) is 0 Å². The average Bonchev–Trinajstić information content (AvgIpc) is 1.81. The first-order valence-electron chi connectivity index (χ1n) is 3.10. The minimum Gasteiger partial charge on any atom is -0.417 e. The van der Waals surface area contributed by atoms with E-state index in [-0.39, 0.29) is 10.7 Å². The van der Waals surface area contributed by atoms with E-state index in [4.69, 9.17) is 0 Å². The van der Waals surface area contributed by atoms with Crippen LogP contribution in [-0.4, -0.2) is 16.6 Å². The molecule has 0 bridgehead atoms. The van der Waals surface area contributed by atoms with Crippen LogP contribution in [0.1, 0.15) is 5.69 Å². The lowest BCUT2D eigenvalue weighted by Crippen LogP contribution is -2.04. The van der Waals surface area contributed by atoms with Crippen LogP contribution < -0.4 is 4.74 Å². The van der Waals surface area contributed by atoms with Gasteiger partial charge in [0.05, 0.1) is 0 Å². The molecule has 3 nitrogen and oxygen atoms in total. The summed E-state index contributed by atoms with van der Waals surface area (Å²) in [6, 6.07) is 1.35. The third kappa shape index (κ3) is 2.54. The number of rotatable bonds is 2. The van der Waals surface area contributed by atoms with E-state index in [1.54, 1.807) is 6.92 Å². The summed E-state index contributed by atoms with van der Waals surface area (Å²) in [6.07, 6.45) is 0. The van der Waals surface area contributed by atoms with E-state index in [1.165, 1.54) is 6.07 Å². The topological polar surface area (TPSA) is 37.9 Å². The maximum absolute atomic E-state index is 11.7. The predicted molar refractivity (Wildman–Crippen MR) is 40.8 cm³/mol. The molecule has 66 valence electrons. The van der Waals surface area contributed by atoms with Crippen LogP contribution in [0.3, 0.4) is 0 Å². The zero-order valence-corrected chi connectivity index (χ0v) is 6.99.